The van der Waals surface area contributed by atoms with E-state index in [1.807, 2.05) is 51.7 Å². The molecular formula is C42H52N8O5. The first-order chi connectivity index (χ1) is 26.3. The monoisotopic (exact) mass is 748 g/mol. The number of imidazole rings is 1. The van der Waals surface area contributed by atoms with Gasteiger partial charge in [0.25, 0.3) is 0 Å². The van der Waals surface area contributed by atoms with Crippen LogP contribution in [0.5, 0.6) is 0 Å². The lowest BCUT2D eigenvalue weighted by Crippen LogP contribution is -2.55. The molecule has 0 aliphatic carbocycles. The summed E-state index contributed by atoms with van der Waals surface area (Å²) in [6, 6.07) is 20.2. The van der Waals surface area contributed by atoms with E-state index in [2.05, 4.69) is 64.1 Å². The summed E-state index contributed by atoms with van der Waals surface area (Å²) in [4.78, 5) is 51.8. The third kappa shape index (κ3) is 7.89. The van der Waals surface area contributed by atoms with Gasteiger partial charge in [0.1, 0.15) is 23.6 Å². The van der Waals surface area contributed by atoms with Gasteiger partial charge in [0, 0.05) is 25.2 Å². The summed E-state index contributed by atoms with van der Waals surface area (Å²) in [5, 5.41) is 8.49. The van der Waals surface area contributed by atoms with Crippen LogP contribution in [0.3, 0.4) is 0 Å². The molecule has 2 fully saturated rings. The van der Waals surface area contributed by atoms with Crippen molar-refractivity contribution in [1.82, 2.24) is 30.1 Å². The van der Waals surface area contributed by atoms with Gasteiger partial charge in [-0.3, -0.25) is 20.0 Å². The Labute approximate surface area is 322 Å². The first-order valence-electron chi connectivity index (χ1n) is 19.2. The van der Waals surface area contributed by atoms with Crippen LogP contribution in [-0.4, -0.2) is 93.9 Å². The lowest BCUT2D eigenvalue weighted by molar-refractivity contribution is -0.135. The van der Waals surface area contributed by atoms with Gasteiger partial charge in [0.05, 0.1) is 36.8 Å². The number of amides is 3. The molecule has 55 heavy (non-hydrogen) atoms. The highest BCUT2D eigenvalue weighted by Crippen LogP contribution is 2.35. The number of aliphatic imine (C=N–C) groups is 1. The molecule has 1 aromatic heterocycles. The van der Waals surface area contributed by atoms with E-state index < -0.39 is 17.7 Å². The van der Waals surface area contributed by atoms with E-state index in [-0.39, 0.29) is 36.2 Å². The number of ether oxygens (including phenoxy) is 2. The molecule has 13 heteroatoms. The number of hydrogen-bond acceptors (Lipinski definition) is 9. The third-order valence-electron chi connectivity index (χ3n) is 10.8. The van der Waals surface area contributed by atoms with Crippen molar-refractivity contribution >= 4 is 34.6 Å². The topological polar surface area (TPSA) is 156 Å². The van der Waals surface area contributed by atoms with E-state index in [4.69, 9.17) is 20.3 Å². The van der Waals surface area contributed by atoms with Gasteiger partial charge in [-0.15, -0.1) is 0 Å². The number of nitrogens with one attached hydrogen (secondary N) is 2. The number of carbonyl (C=O) groups excluding carboxylic acids is 3. The van der Waals surface area contributed by atoms with Crippen LogP contribution in [0, 0.1) is 5.92 Å². The van der Waals surface area contributed by atoms with Gasteiger partial charge < -0.3 is 25.5 Å². The number of rotatable bonds is 8. The molecule has 4 heterocycles. The molecule has 4 atom stereocenters. The van der Waals surface area contributed by atoms with Gasteiger partial charge in [0.15, 0.2) is 0 Å². The molecule has 290 valence electrons. The predicted molar refractivity (Wildman–Crippen MR) is 213 cm³/mol. The number of likely N-dealkylation sites (tertiary alicyclic amines) is 2. The highest BCUT2D eigenvalue weighted by molar-refractivity contribution is 6.06. The fraction of sp³-hybridized carbons (Fsp3) is 0.452. The second-order valence-electron chi connectivity index (χ2n) is 16.1. The summed E-state index contributed by atoms with van der Waals surface area (Å²) in [5.41, 5.74) is 5.32. The van der Waals surface area contributed by atoms with E-state index in [9.17, 15) is 14.4 Å². The van der Waals surface area contributed by atoms with Crippen LogP contribution in [-0.2, 0) is 14.3 Å². The summed E-state index contributed by atoms with van der Waals surface area (Å²) in [6.07, 6.45) is 3.98. The molecule has 0 saturated carbocycles. The number of carbonyl (C=O) groups is 3. The van der Waals surface area contributed by atoms with Crippen molar-refractivity contribution in [2.45, 2.75) is 90.2 Å². The summed E-state index contributed by atoms with van der Waals surface area (Å²) in [7, 11) is 1.30. The number of fused-ring (bicyclic) bond motifs is 1. The molecule has 4 aromatic rings. The number of hydrogen-bond donors (Lipinski definition) is 3. The number of nitrogens with zero attached hydrogens (tertiary/aromatic N) is 5. The zero-order chi connectivity index (χ0) is 39.0. The minimum atomic E-state index is -0.660. The number of aromatic nitrogens is 2. The minimum absolute atomic E-state index is 0.0841. The Kier molecular flexibility index (Phi) is 10.6. The summed E-state index contributed by atoms with van der Waals surface area (Å²) in [6.45, 7) is 11.3. The van der Waals surface area contributed by atoms with Crippen LogP contribution >= 0.6 is 0 Å². The summed E-state index contributed by atoms with van der Waals surface area (Å²) < 4.78 is 12.0. The van der Waals surface area contributed by atoms with Crippen LogP contribution in [0.15, 0.2) is 71.9 Å². The standard InChI is InChI=1S/C42H52N8O5/c1-25(2)36(47-40(52)54-6)39(51)48-19-7-9-33(48)37-44-23-32(46-37)31-18-17-29-21-28(15-16-30(29)22-31)26-11-13-27(14-12-26)35-24-45-38(50(35)43)34-10-8-20-49(34)41(53)55-42(3,4)5/h11-18,21-22,24-25,33-34,36-37,44H,7-10,19-20,23,43H2,1-6H3,(H,47,52). The average molecular weight is 749 g/mol. The molecule has 3 amide bonds. The lowest BCUT2D eigenvalue weighted by Gasteiger charge is -2.32. The summed E-state index contributed by atoms with van der Waals surface area (Å²) in [5.74, 6) is 7.06. The maximum absolute atomic E-state index is 13.6. The third-order valence-corrected chi connectivity index (χ3v) is 10.8. The average Bonchev–Trinajstić information content (AvgIpc) is 3.99. The number of benzene rings is 3. The highest BCUT2D eigenvalue weighted by Gasteiger charge is 2.40. The molecule has 13 nitrogen and oxygen atoms in total. The van der Waals surface area contributed by atoms with Crippen molar-refractivity contribution in [2.75, 3.05) is 32.6 Å². The fourth-order valence-electron chi connectivity index (χ4n) is 7.98. The van der Waals surface area contributed by atoms with Crippen LogP contribution < -0.4 is 16.5 Å². The van der Waals surface area contributed by atoms with Crippen molar-refractivity contribution in [2.24, 2.45) is 10.9 Å². The smallest absolute Gasteiger partial charge is 0.410 e. The van der Waals surface area contributed by atoms with E-state index >= 15 is 0 Å². The molecule has 3 aromatic carbocycles. The molecule has 2 saturated heterocycles. The number of methoxy groups -OCH3 is 1. The van der Waals surface area contributed by atoms with Crippen molar-refractivity contribution in [1.29, 1.82) is 0 Å². The molecular weight excluding hydrogens is 697 g/mol. The van der Waals surface area contributed by atoms with E-state index in [1.54, 1.807) is 15.8 Å². The molecule has 0 radical (unpaired) electrons. The minimum Gasteiger partial charge on any atom is -0.453 e. The normalized spacial score (nSPS) is 20.6. The molecule has 0 spiro atoms. The second-order valence-corrected chi connectivity index (χ2v) is 16.1. The maximum atomic E-state index is 13.6. The van der Waals surface area contributed by atoms with Gasteiger partial charge in [-0.2, -0.15) is 0 Å². The largest absolute Gasteiger partial charge is 0.453 e. The van der Waals surface area contributed by atoms with Crippen molar-refractivity contribution in [3.8, 4) is 22.4 Å². The van der Waals surface area contributed by atoms with Crippen molar-refractivity contribution in [3.63, 3.8) is 0 Å². The first-order valence-corrected chi connectivity index (χ1v) is 19.2. The van der Waals surface area contributed by atoms with Gasteiger partial charge in [0.2, 0.25) is 5.91 Å². The predicted octanol–water partition coefficient (Wildman–Crippen LogP) is 6.25. The Morgan fingerprint density at radius 1 is 0.891 bits per heavy atom. The van der Waals surface area contributed by atoms with E-state index in [0.717, 1.165) is 70.1 Å². The zero-order valence-corrected chi connectivity index (χ0v) is 32.5. The quantitative estimate of drug-likeness (QED) is 0.179. The van der Waals surface area contributed by atoms with Gasteiger partial charge in [-0.1, -0.05) is 62.4 Å². The molecule has 4 N–H and O–H groups in total. The SMILES string of the molecule is COC(=O)NC(C(=O)N1CCCC1C1N=C(c2ccc3cc(-c4ccc(-c5cnc(C6CCCN6C(=O)OC(C)(C)C)n5N)cc4)ccc3c2)CN1)C(C)C. The number of nitrogen functional groups attached to an aromatic ring is 1. The van der Waals surface area contributed by atoms with Crippen LogP contribution in [0.25, 0.3) is 33.2 Å². The highest BCUT2D eigenvalue weighted by atomic mass is 16.6. The van der Waals surface area contributed by atoms with Crippen molar-refractivity contribution < 1.29 is 23.9 Å². The number of alkyl carbamates (subject to hydrolysis) is 1. The van der Waals surface area contributed by atoms with Crippen LogP contribution in [0.4, 0.5) is 9.59 Å². The van der Waals surface area contributed by atoms with E-state index in [0.29, 0.717) is 25.5 Å². The molecule has 0 bridgehead atoms. The Bertz CT molecular complexity index is 2100. The Morgan fingerprint density at radius 2 is 1.53 bits per heavy atom. The van der Waals surface area contributed by atoms with E-state index in [1.165, 1.54) is 7.11 Å². The van der Waals surface area contributed by atoms with Gasteiger partial charge in [-0.25, -0.2) is 19.2 Å². The van der Waals surface area contributed by atoms with Gasteiger partial charge in [-0.05, 0) is 92.0 Å². The maximum Gasteiger partial charge on any atom is 0.410 e. The Balaban J connectivity index is 1.03. The molecule has 4 unspecified atom stereocenters. The Hall–Kier alpha value is -5.43. The van der Waals surface area contributed by atoms with Gasteiger partial charge >= 0.3 is 12.2 Å². The molecule has 3 aliphatic rings. The summed E-state index contributed by atoms with van der Waals surface area (Å²) >= 11 is 0. The molecule has 3 aliphatic heterocycles. The Morgan fingerprint density at radius 3 is 2.22 bits per heavy atom. The molecule has 7 rings (SSSR count). The van der Waals surface area contributed by atoms with Crippen molar-refractivity contribution in [3.05, 3.63) is 78.2 Å². The zero-order valence-electron chi connectivity index (χ0n) is 32.5. The lowest BCUT2D eigenvalue weighted by atomic mass is 9.98. The van der Waals surface area contributed by atoms with Crippen LogP contribution in [0.1, 0.15) is 77.7 Å². The van der Waals surface area contributed by atoms with Crippen LogP contribution in [0.2, 0.25) is 0 Å². The first kappa shape index (κ1) is 37.9. The number of nitrogens with two attached hydrogens (primary N) is 1. The second kappa shape index (κ2) is 15.4. The fourth-order valence-corrected chi connectivity index (χ4v) is 7.98.